The van der Waals surface area contributed by atoms with Gasteiger partial charge in [-0.05, 0) is 42.9 Å². The Hall–Kier alpha value is -0.540. The molecule has 1 heterocycles. The average Bonchev–Trinajstić information content (AvgIpc) is 2.32. The zero-order valence-electron chi connectivity index (χ0n) is 10.6. The normalized spacial score (nSPS) is 24.9. The first-order valence-corrected chi connectivity index (χ1v) is 7.30. The minimum Gasteiger partial charge on any atom is -0.392 e. The Morgan fingerprint density at radius 2 is 2.29 bits per heavy atom. The van der Waals surface area contributed by atoms with Gasteiger partial charge in [-0.3, -0.25) is 0 Å². The molecule has 0 radical (unpaired) electrons. The van der Waals surface area contributed by atoms with E-state index < -0.39 is 0 Å². The highest BCUT2D eigenvalue weighted by molar-refractivity contribution is 7.99. The smallest absolute Gasteiger partial charge is 0.0991 e. The molecule has 3 heteroatoms. The summed E-state index contributed by atoms with van der Waals surface area (Å²) in [6.07, 6.45) is 7.16. The van der Waals surface area contributed by atoms with Crippen molar-refractivity contribution in [2.24, 2.45) is 5.92 Å². The second-order valence-corrected chi connectivity index (χ2v) is 6.42. The summed E-state index contributed by atoms with van der Waals surface area (Å²) in [6.45, 7) is 4.52. The third-order valence-corrected chi connectivity index (χ3v) is 4.85. The SMILES string of the molecule is Cc1cc(CO)cnc1SC1CCCC(C)C1. The van der Waals surface area contributed by atoms with Gasteiger partial charge in [0.05, 0.1) is 11.6 Å². The quantitative estimate of drug-likeness (QED) is 0.891. The molecule has 0 bridgehead atoms. The van der Waals surface area contributed by atoms with Gasteiger partial charge in [-0.25, -0.2) is 4.98 Å². The molecular weight excluding hydrogens is 230 g/mol. The molecule has 0 aromatic carbocycles. The Kier molecular flexibility index (Phi) is 4.46. The predicted molar refractivity (Wildman–Crippen MR) is 72.2 cm³/mol. The number of hydrogen-bond donors (Lipinski definition) is 1. The minimum atomic E-state index is 0.0826. The van der Waals surface area contributed by atoms with E-state index in [0.717, 1.165) is 21.8 Å². The Morgan fingerprint density at radius 3 is 2.94 bits per heavy atom. The van der Waals surface area contributed by atoms with Crippen molar-refractivity contribution in [1.29, 1.82) is 0 Å². The lowest BCUT2D eigenvalue weighted by Crippen LogP contribution is -2.15. The molecule has 1 aromatic heterocycles. The number of nitrogens with zero attached hydrogens (tertiary/aromatic N) is 1. The highest BCUT2D eigenvalue weighted by Crippen LogP contribution is 2.36. The highest BCUT2D eigenvalue weighted by atomic mass is 32.2. The second-order valence-electron chi connectivity index (χ2n) is 5.14. The Morgan fingerprint density at radius 1 is 1.47 bits per heavy atom. The van der Waals surface area contributed by atoms with E-state index in [0.29, 0.717) is 0 Å². The zero-order chi connectivity index (χ0) is 12.3. The van der Waals surface area contributed by atoms with Crippen molar-refractivity contribution in [3.63, 3.8) is 0 Å². The fourth-order valence-electron chi connectivity index (χ4n) is 2.47. The number of aromatic nitrogens is 1. The fourth-order valence-corrected chi connectivity index (χ4v) is 3.86. The molecule has 0 spiro atoms. The van der Waals surface area contributed by atoms with Crippen LogP contribution in [0.5, 0.6) is 0 Å². The van der Waals surface area contributed by atoms with E-state index in [1.807, 2.05) is 17.8 Å². The first kappa shape index (κ1) is 12.9. The summed E-state index contributed by atoms with van der Waals surface area (Å²) in [7, 11) is 0. The van der Waals surface area contributed by atoms with Gasteiger partial charge in [0.1, 0.15) is 0 Å². The molecule has 1 N–H and O–H groups in total. The van der Waals surface area contributed by atoms with Crippen LogP contribution in [0.25, 0.3) is 0 Å². The minimum absolute atomic E-state index is 0.0826. The van der Waals surface area contributed by atoms with E-state index in [-0.39, 0.29) is 6.61 Å². The molecule has 1 aromatic rings. The third-order valence-electron chi connectivity index (χ3n) is 3.44. The molecule has 94 valence electrons. The van der Waals surface area contributed by atoms with Gasteiger partial charge < -0.3 is 5.11 Å². The van der Waals surface area contributed by atoms with Crippen LogP contribution in [0.4, 0.5) is 0 Å². The standard InChI is InChI=1S/C14H21NOS/c1-10-4-3-5-13(6-10)17-14-11(2)7-12(9-16)8-15-14/h7-8,10,13,16H,3-6,9H2,1-2H3. The van der Waals surface area contributed by atoms with Crippen LogP contribution < -0.4 is 0 Å². The number of rotatable bonds is 3. The lowest BCUT2D eigenvalue weighted by Gasteiger charge is -2.26. The Labute approximate surface area is 108 Å². The molecular formula is C14H21NOS. The van der Waals surface area contributed by atoms with Crippen molar-refractivity contribution in [3.05, 3.63) is 23.4 Å². The maximum atomic E-state index is 9.06. The van der Waals surface area contributed by atoms with Crippen molar-refractivity contribution in [1.82, 2.24) is 4.98 Å². The number of aliphatic hydroxyl groups is 1. The first-order chi connectivity index (χ1) is 8.19. The highest BCUT2D eigenvalue weighted by Gasteiger charge is 2.20. The van der Waals surface area contributed by atoms with Crippen LogP contribution in [-0.4, -0.2) is 15.3 Å². The van der Waals surface area contributed by atoms with Gasteiger partial charge in [0.15, 0.2) is 0 Å². The number of aryl methyl sites for hydroxylation is 1. The third kappa shape index (κ3) is 3.46. The maximum absolute atomic E-state index is 9.06. The Bertz CT molecular complexity index is 380. The Balaban J connectivity index is 2.02. The van der Waals surface area contributed by atoms with Crippen molar-refractivity contribution < 1.29 is 5.11 Å². The zero-order valence-corrected chi connectivity index (χ0v) is 11.5. The number of aliphatic hydroxyl groups excluding tert-OH is 1. The van der Waals surface area contributed by atoms with E-state index >= 15 is 0 Å². The van der Waals surface area contributed by atoms with Crippen LogP contribution in [0, 0.1) is 12.8 Å². The molecule has 1 fully saturated rings. The van der Waals surface area contributed by atoms with E-state index in [1.165, 1.54) is 31.2 Å². The fraction of sp³-hybridized carbons (Fsp3) is 0.643. The summed E-state index contributed by atoms with van der Waals surface area (Å²) in [5.41, 5.74) is 2.10. The molecule has 2 rings (SSSR count). The van der Waals surface area contributed by atoms with Gasteiger partial charge in [-0.1, -0.05) is 19.8 Å². The maximum Gasteiger partial charge on any atom is 0.0991 e. The molecule has 0 amide bonds. The van der Waals surface area contributed by atoms with Gasteiger partial charge in [-0.2, -0.15) is 0 Å². The van der Waals surface area contributed by atoms with E-state index in [4.69, 9.17) is 5.11 Å². The summed E-state index contributed by atoms with van der Waals surface area (Å²) in [5.74, 6) is 0.860. The van der Waals surface area contributed by atoms with Gasteiger partial charge in [0.2, 0.25) is 0 Å². The van der Waals surface area contributed by atoms with Crippen LogP contribution in [0.1, 0.15) is 43.7 Å². The molecule has 0 saturated heterocycles. The molecule has 17 heavy (non-hydrogen) atoms. The second kappa shape index (κ2) is 5.87. The van der Waals surface area contributed by atoms with Gasteiger partial charge >= 0.3 is 0 Å². The van der Waals surface area contributed by atoms with E-state index in [9.17, 15) is 0 Å². The van der Waals surface area contributed by atoms with E-state index in [2.05, 4.69) is 18.8 Å². The number of thioether (sulfide) groups is 1. The van der Waals surface area contributed by atoms with Crippen LogP contribution in [0.2, 0.25) is 0 Å². The van der Waals surface area contributed by atoms with E-state index in [1.54, 1.807) is 6.20 Å². The van der Waals surface area contributed by atoms with Crippen LogP contribution in [-0.2, 0) is 6.61 Å². The molecule has 1 aliphatic carbocycles. The monoisotopic (exact) mass is 251 g/mol. The van der Waals surface area contributed by atoms with Crippen molar-refractivity contribution in [2.45, 2.75) is 56.4 Å². The summed E-state index contributed by atoms with van der Waals surface area (Å²) < 4.78 is 0. The van der Waals surface area contributed by atoms with Crippen LogP contribution in [0.3, 0.4) is 0 Å². The largest absolute Gasteiger partial charge is 0.392 e. The lowest BCUT2D eigenvalue weighted by molar-refractivity contribution is 0.281. The molecule has 1 aliphatic rings. The lowest BCUT2D eigenvalue weighted by atomic mass is 9.91. The molecule has 2 atom stereocenters. The van der Waals surface area contributed by atoms with Crippen molar-refractivity contribution in [2.75, 3.05) is 0 Å². The average molecular weight is 251 g/mol. The summed E-state index contributed by atoms with van der Waals surface area (Å²) in [6, 6.07) is 2.04. The van der Waals surface area contributed by atoms with Gasteiger partial charge in [-0.15, -0.1) is 11.8 Å². The summed E-state index contributed by atoms with van der Waals surface area (Å²) in [5, 5.41) is 10.9. The molecule has 1 saturated carbocycles. The van der Waals surface area contributed by atoms with Crippen molar-refractivity contribution in [3.8, 4) is 0 Å². The van der Waals surface area contributed by atoms with Gasteiger partial charge in [0, 0.05) is 11.4 Å². The predicted octanol–water partition coefficient (Wildman–Crippen LogP) is 3.55. The van der Waals surface area contributed by atoms with Crippen LogP contribution in [0.15, 0.2) is 17.3 Å². The van der Waals surface area contributed by atoms with Gasteiger partial charge in [0.25, 0.3) is 0 Å². The summed E-state index contributed by atoms with van der Waals surface area (Å²) >= 11 is 1.92. The number of pyridine rings is 1. The first-order valence-electron chi connectivity index (χ1n) is 6.42. The number of hydrogen-bond acceptors (Lipinski definition) is 3. The van der Waals surface area contributed by atoms with Crippen molar-refractivity contribution >= 4 is 11.8 Å². The topological polar surface area (TPSA) is 33.1 Å². The summed E-state index contributed by atoms with van der Waals surface area (Å²) in [4.78, 5) is 4.47. The molecule has 0 aliphatic heterocycles. The molecule has 2 unspecified atom stereocenters. The molecule has 2 nitrogen and oxygen atoms in total. The van der Waals surface area contributed by atoms with Crippen LogP contribution >= 0.6 is 11.8 Å².